The van der Waals surface area contributed by atoms with Crippen LogP contribution in [0.1, 0.15) is 42.1 Å². The largest absolute Gasteiger partial charge is 0.496 e. The van der Waals surface area contributed by atoms with E-state index in [4.69, 9.17) is 30.5 Å². The molecule has 0 saturated carbocycles. The minimum absolute atomic E-state index is 0.0482. The van der Waals surface area contributed by atoms with Crippen molar-refractivity contribution in [3.63, 3.8) is 0 Å². The van der Waals surface area contributed by atoms with Crippen LogP contribution in [0.25, 0.3) is 0 Å². The lowest BCUT2D eigenvalue weighted by atomic mass is 9.65. The predicted molar refractivity (Wildman–Crippen MR) is 135 cm³/mol. The van der Waals surface area contributed by atoms with Gasteiger partial charge in [-0.15, -0.1) is 0 Å². The quantitative estimate of drug-likeness (QED) is 0.466. The molecule has 3 atom stereocenters. The van der Waals surface area contributed by atoms with E-state index in [9.17, 15) is 14.4 Å². The Balaban J connectivity index is 1.71. The van der Waals surface area contributed by atoms with E-state index in [1.807, 2.05) is 30.3 Å². The van der Waals surface area contributed by atoms with Gasteiger partial charge in [0.25, 0.3) is 0 Å². The van der Waals surface area contributed by atoms with Gasteiger partial charge in [-0.1, -0.05) is 48.9 Å². The van der Waals surface area contributed by atoms with Gasteiger partial charge >= 0.3 is 5.97 Å². The first-order chi connectivity index (χ1) is 17.7. The summed E-state index contributed by atoms with van der Waals surface area (Å²) in [6.07, 6.45) is 0.326. The lowest BCUT2D eigenvalue weighted by molar-refractivity contribution is -0.136. The van der Waals surface area contributed by atoms with E-state index in [1.54, 1.807) is 13.8 Å². The Kier molecular flexibility index (Phi) is 6.02. The van der Waals surface area contributed by atoms with Crippen molar-refractivity contribution in [3.05, 3.63) is 75.1 Å². The molecule has 192 valence electrons. The van der Waals surface area contributed by atoms with Gasteiger partial charge in [-0.2, -0.15) is 0 Å². The zero-order valence-corrected chi connectivity index (χ0v) is 21.8. The second kappa shape index (κ2) is 8.95. The molecule has 0 radical (unpaired) electrons. The number of carbonyl (C=O) groups is 3. The number of hydrogen-bond donors (Lipinski definition) is 1. The number of esters is 1. The van der Waals surface area contributed by atoms with Crippen molar-refractivity contribution < 1.29 is 33.3 Å². The molecule has 2 aromatic carbocycles. The SMILES string of the molecule is COC(=O)C1=C(C)NC2=C(C(=O)C3(Oc4c(Cl)c(OC)cc(OC)c4C3=O)C(C)C2)C1c1ccccc1. The predicted octanol–water partition coefficient (Wildman–Crippen LogP) is 4.37. The first-order valence-corrected chi connectivity index (χ1v) is 12.2. The maximum absolute atomic E-state index is 14.6. The number of rotatable bonds is 4. The zero-order valence-electron chi connectivity index (χ0n) is 21.1. The van der Waals surface area contributed by atoms with E-state index in [0.717, 1.165) is 5.56 Å². The fourth-order valence-electron chi connectivity index (χ4n) is 5.63. The number of benzene rings is 2. The number of ketones is 2. The third kappa shape index (κ3) is 3.39. The van der Waals surface area contributed by atoms with Crippen molar-refractivity contribution in [2.45, 2.75) is 31.8 Å². The van der Waals surface area contributed by atoms with Crippen LogP contribution >= 0.6 is 11.6 Å². The highest BCUT2D eigenvalue weighted by Crippen LogP contribution is 2.56. The average molecular weight is 524 g/mol. The second-order valence-corrected chi connectivity index (χ2v) is 9.67. The van der Waals surface area contributed by atoms with E-state index < -0.39 is 35.0 Å². The molecule has 1 spiro atoms. The highest BCUT2D eigenvalue weighted by molar-refractivity contribution is 6.36. The summed E-state index contributed by atoms with van der Waals surface area (Å²) in [5.74, 6) is -2.44. The number of nitrogens with one attached hydrogen (secondary N) is 1. The van der Waals surface area contributed by atoms with Crippen LogP contribution in [0, 0.1) is 5.92 Å². The Morgan fingerprint density at radius 1 is 1.08 bits per heavy atom. The summed E-state index contributed by atoms with van der Waals surface area (Å²) in [5.41, 5.74) is 0.749. The Morgan fingerprint density at radius 2 is 1.76 bits per heavy atom. The van der Waals surface area contributed by atoms with Gasteiger partial charge in [0.2, 0.25) is 17.2 Å². The van der Waals surface area contributed by atoms with Crippen LogP contribution in [0.4, 0.5) is 0 Å². The number of allylic oxidation sites excluding steroid dienone is 2. The molecule has 1 aliphatic carbocycles. The number of methoxy groups -OCH3 is 3. The van der Waals surface area contributed by atoms with Crippen molar-refractivity contribution >= 4 is 29.1 Å². The number of halogens is 1. The molecule has 0 amide bonds. The molecule has 9 heteroatoms. The summed E-state index contributed by atoms with van der Waals surface area (Å²) >= 11 is 6.55. The molecule has 3 aliphatic rings. The molecule has 1 N–H and O–H groups in total. The molecule has 8 nitrogen and oxygen atoms in total. The first kappa shape index (κ1) is 24.9. The number of hydrogen-bond acceptors (Lipinski definition) is 8. The monoisotopic (exact) mass is 523 g/mol. The maximum atomic E-state index is 14.6. The van der Waals surface area contributed by atoms with E-state index in [2.05, 4.69) is 5.32 Å². The van der Waals surface area contributed by atoms with Gasteiger partial charge in [0, 0.05) is 34.9 Å². The molecule has 0 bridgehead atoms. The summed E-state index contributed by atoms with van der Waals surface area (Å²) in [6, 6.07) is 10.7. The summed E-state index contributed by atoms with van der Waals surface area (Å²) < 4.78 is 22.2. The van der Waals surface area contributed by atoms with Gasteiger partial charge in [0.1, 0.15) is 22.1 Å². The van der Waals surface area contributed by atoms with Crippen LogP contribution in [-0.2, 0) is 14.3 Å². The Morgan fingerprint density at radius 3 is 2.38 bits per heavy atom. The fraction of sp³-hybridized carbons (Fsp3) is 0.321. The fourth-order valence-corrected chi connectivity index (χ4v) is 5.90. The second-order valence-electron chi connectivity index (χ2n) is 9.29. The topological polar surface area (TPSA) is 100 Å². The molecule has 2 aromatic rings. The van der Waals surface area contributed by atoms with Gasteiger partial charge in [0.15, 0.2) is 5.75 Å². The number of ether oxygens (including phenoxy) is 4. The third-order valence-corrected chi connectivity index (χ3v) is 7.75. The van der Waals surface area contributed by atoms with Crippen molar-refractivity contribution in [2.75, 3.05) is 21.3 Å². The Bertz CT molecular complexity index is 1410. The van der Waals surface area contributed by atoms with Gasteiger partial charge < -0.3 is 24.3 Å². The first-order valence-electron chi connectivity index (χ1n) is 11.8. The van der Waals surface area contributed by atoms with E-state index in [1.165, 1.54) is 27.4 Å². The van der Waals surface area contributed by atoms with Crippen LogP contribution in [0.3, 0.4) is 0 Å². The van der Waals surface area contributed by atoms with Crippen LogP contribution < -0.4 is 19.5 Å². The molecule has 2 aliphatic heterocycles. The number of dihydropyridines is 1. The molecular weight excluding hydrogens is 498 g/mol. The molecule has 5 rings (SSSR count). The van der Waals surface area contributed by atoms with Gasteiger partial charge in [-0.05, 0) is 18.9 Å². The van der Waals surface area contributed by atoms with Gasteiger partial charge in [-0.3, -0.25) is 9.59 Å². The Labute approximate surface area is 219 Å². The lowest BCUT2D eigenvalue weighted by Crippen LogP contribution is -2.58. The molecule has 2 heterocycles. The van der Waals surface area contributed by atoms with Crippen molar-refractivity contribution in [1.82, 2.24) is 5.32 Å². The van der Waals surface area contributed by atoms with Gasteiger partial charge in [-0.25, -0.2) is 4.79 Å². The van der Waals surface area contributed by atoms with Crippen molar-refractivity contribution in [3.8, 4) is 17.2 Å². The molecule has 0 fully saturated rings. The van der Waals surface area contributed by atoms with Crippen LogP contribution in [0.2, 0.25) is 5.02 Å². The van der Waals surface area contributed by atoms with Crippen LogP contribution in [0.5, 0.6) is 17.2 Å². The molecule has 3 unspecified atom stereocenters. The van der Waals surface area contributed by atoms with Crippen LogP contribution in [-0.4, -0.2) is 44.5 Å². The summed E-state index contributed by atoms with van der Waals surface area (Å²) in [7, 11) is 4.15. The maximum Gasteiger partial charge on any atom is 0.336 e. The van der Waals surface area contributed by atoms with Gasteiger partial charge in [0.05, 0.1) is 26.9 Å². The number of carbonyl (C=O) groups excluding carboxylic acids is 3. The Hall–Kier alpha value is -3.78. The molecular formula is C28H26ClNO7. The molecule has 0 aromatic heterocycles. The van der Waals surface area contributed by atoms with E-state index in [0.29, 0.717) is 29.0 Å². The van der Waals surface area contributed by atoms with Crippen molar-refractivity contribution in [1.29, 1.82) is 0 Å². The van der Waals surface area contributed by atoms with Crippen molar-refractivity contribution in [2.24, 2.45) is 5.92 Å². The average Bonchev–Trinajstić information content (AvgIpc) is 3.22. The van der Waals surface area contributed by atoms with Crippen LogP contribution in [0.15, 0.2) is 58.9 Å². The standard InChI is InChI=1S/C28H26ClNO7/c1-13-11-16-21(20(15-9-7-6-8-10-15)19(14(2)30-16)27(33)36-5)25(31)28(13)26(32)22-17(34-3)12-18(35-4)23(29)24(22)37-28/h6-10,12-13,20,30H,11H2,1-5H3. The number of Topliss-reactive ketones (excluding diaryl/α,β-unsaturated/α-hetero) is 2. The normalized spacial score (nSPS) is 24.4. The summed E-state index contributed by atoms with van der Waals surface area (Å²) in [5, 5.41) is 3.32. The molecule has 37 heavy (non-hydrogen) atoms. The summed E-state index contributed by atoms with van der Waals surface area (Å²) in [6.45, 7) is 3.56. The summed E-state index contributed by atoms with van der Waals surface area (Å²) in [4.78, 5) is 41.6. The zero-order chi connectivity index (χ0) is 26.6. The minimum atomic E-state index is -1.88. The lowest BCUT2D eigenvalue weighted by Gasteiger charge is -2.42. The van der Waals surface area contributed by atoms with E-state index >= 15 is 0 Å². The smallest absolute Gasteiger partial charge is 0.336 e. The number of fused-ring (bicyclic) bond motifs is 1. The highest BCUT2D eigenvalue weighted by atomic mass is 35.5. The molecule has 0 saturated heterocycles. The highest BCUT2D eigenvalue weighted by Gasteiger charge is 2.63. The van der Waals surface area contributed by atoms with E-state index in [-0.39, 0.29) is 27.8 Å². The minimum Gasteiger partial charge on any atom is -0.496 e. The third-order valence-electron chi connectivity index (χ3n) is 7.39.